The van der Waals surface area contributed by atoms with E-state index >= 15 is 0 Å². The minimum Gasteiger partial charge on any atom is -0.497 e. The van der Waals surface area contributed by atoms with E-state index < -0.39 is 0 Å². The molecular formula is C24H25NO2S. The number of hydrogen-bond donors (Lipinski definition) is 1. The zero-order valence-electron chi connectivity index (χ0n) is 16.2. The van der Waals surface area contributed by atoms with Gasteiger partial charge in [-0.3, -0.25) is 4.79 Å². The highest BCUT2D eigenvalue weighted by Gasteiger charge is 2.14. The molecule has 3 aromatic rings. The molecule has 1 amide bonds. The minimum absolute atomic E-state index is 0.0216. The van der Waals surface area contributed by atoms with Crippen molar-refractivity contribution in [3.8, 4) is 5.75 Å². The lowest BCUT2D eigenvalue weighted by molar-refractivity contribution is 0.0935. The van der Waals surface area contributed by atoms with Crippen molar-refractivity contribution in [2.24, 2.45) is 0 Å². The van der Waals surface area contributed by atoms with Crippen molar-refractivity contribution in [1.82, 2.24) is 5.32 Å². The molecule has 3 nitrogen and oxygen atoms in total. The third-order valence-electron chi connectivity index (χ3n) is 4.60. The molecule has 28 heavy (non-hydrogen) atoms. The fraction of sp³-hybridized carbons (Fsp3) is 0.208. The summed E-state index contributed by atoms with van der Waals surface area (Å²) in [4.78, 5) is 13.9. The molecule has 1 unspecified atom stereocenters. The van der Waals surface area contributed by atoms with Gasteiger partial charge >= 0.3 is 0 Å². The summed E-state index contributed by atoms with van der Waals surface area (Å²) in [5.74, 6) is 1.65. The Balaban J connectivity index is 1.59. The van der Waals surface area contributed by atoms with Crippen molar-refractivity contribution in [2.45, 2.75) is 30.0 Å². The van der Waals surface area contributed by atoms with Gasteiger partial charge in [-0.2, -0.15) is 0 Å². The van der Waals surface area contributed by atoms with Crippen molar-refractivity contribution in [3.63, 3.8) is 0 Å². The molecule has 4 heteroatoms. The first-order chi connectivity index (χ1) is 13.7. The molecule has 0 saturated heterocycles. The standard InChI is InChI=1S/C24H25NO2S/c1-3-23(19-13-15-21(27-2)16-14-19)25-24(26)20-11-9-18(10-12-20)17-28-22-7-5-4-6-8-22/h4-16,23H,3,17H2,1-2H3,(H,25,26). The van der Waals surface area contributed by atoms with Gasteiger partial charge in [0.2, 0.25) is 0 Å². The van der Waals surface area contributed by atoms with Gasteiger partial charge in [-0.1, -0.05) is 49.4 Å². The number of carbonyl (C=O) groups is 1. The van der Waals surface area contributed by atoms with Gasteiger partial charge in [0.15, 0.2) is 0 Å². The summed E-state index contributed by atoms with van der Waals surface area (Å²) in [7, 11) is 1.65. The smallest absolute Gasteiger partial charge is 0.251 e. The summed E-state index contributed by atoms with van der Waals surface area (Å²) in [5.41, 5.74) is 2.96. The van der Waals surface area contributed by atoms with Gasteiger partial charge in [0.1, 0.15) is 5.75 Å². The van der Waals surface area contributed by atoms with Crippen molar-refractivity contribution >= 4 is 17.7 Å². The van der Waals surface area contributed by atoms with Crippen LogP contribution in [-0.2, 0) is 5.75 Å². The van der Waals surface area contributed by atoms with Gasteiger partial charge in [-0.05, 0) is 53.9 Å². The maximum absolute atomic E-state index is 12.7. The van der Waals surface area contributed by atoms with Gasteiger partial charge in [0.05, 0.1) is 13.2 Å². The Labute approximate surface area is 171 Å². The van der Waals surface area contributed by atoms with Crippen LogP contribution in [0.3, 0.4) is 0 Å². The molecule has 0 saturated carbocycles. The zero-order valence-corrected chi connectivity index (χ0v) is 17.0. The van der Waals surface area contributed by atoms with Crippen LogP contribution in [0.15, 0.2) is 83.8 Å². The molecule has 0 aromatic heterocycles. The van der Waals surface area contributed by atoms with E-state index in [1.54, 1.807) is 18.9 Å². The molecule has 0 heterocycles. The minimum atomic E-state index is -0.0510. The number of methoxy groups -OCH3 is 1. The quantitative estimate of drug-likeness (QED) is 0.488. The second-order valence-corrected chi connectivity index (χ2v) is 7.55. The summed E-state index contributed by atoms with van der Waals surface area (Å²) in [6.45, 7) is 2.07. The fourth-order valence-electron chi connectivity index (χ4n) is 2.93. The Bertz CT molecular complexity index is 877. The Morgan fingerprint density at radius 3 is 2.25 bits per heavy atom. The molecule has 1 N–H and O–H groups in total. The number of rotatable bonds is 8. The summed E-state index contributed by atoms with van der Waals surface area (Å²) in [5, 5.41) is 3.13. The lowest BCUT2D eigenvalue weighted by atomic mass is 10.0. The molecule has 0 aliphatic heterocycles. The first-order valence-corrected chi connectivity index (χ1v) is 10.4. The first-order valence-electron chi connectivity index (χ1n) is 9.41. The fourth-order valence-corrected chi connectivity index (χ4v) is 3.81. The van der Waals surface area contributed by atoms with Gasteiger partial charge in [-0.15, -0.1) is 11.8 Å². The lowest BCUT2D eigenvalue weighted by Gasteiger charge is -2.18. The highest BCUT2D eigenvalue weighted by molar-refractivity contribution is 7.98. The second-order valence-electron chi connectivity index (χ2n) is 6.51. The van der Waals surface area contributed by atoms with Crippen molar-refractivity contribution in [3.05, 3.63) is 95.6 Å². The average molecular weight is 392 g/mol. The molecule has 0 spiro atoms. The maximum Gasteiger partial charge on any atom is 0.251 e. The maximum atomic E-state index is 12.7. The van der Waals surface area contributed by atoms with E-state index in [4.69, 9.17) is 4.74 Å². The molecule has 3 aromatic carbocycles. The average Bonchev–Trinajstić information content (AvgIpc) is 2.77. The van der Waals surface area contributed by atoms with E-state index in [-0.39, 0.29) is 11.9 Å². The summed E-state index contributed by atoms with van der Waals surface area (Å²) < 4.78 is 5.20. The molecule has 0 fully saturated rings. The number of benzene rings is 3. The third kappa shape index (κ3) is 5.40. The highest BCUT2D eigenvalue weighted by atomic mass is 32.2. The lowest BCUT2D eigenvalue weighted by Crippen LogP contribution is -2.28. The number of ether oxygens (including phenoxy) is 1. The number of nitrogens with one attached hydrogen (secondary N) is 1. The van der Waals surface area contributed by atoms with E-state index in [0.29, 0.717) is 5.56 Å². The number of amides is 1. The van der Waals surface area contributed by atoms with Crippen LogP contribution in [0, 0.1) is 0 Å². The summed E-state index contributed by atoms with van der Waals surface area (Å²) in [6.07, 6.45) is 0.823. The predicted octanol–water partition coefficient (Wildman–Crippen LogP) is 5.87. The van der Waals surface area contributed by atoms with E-state index in [2.05, 4.69) is 24.4 Å². The van der Waals surface area contributed by atoms with Crippen molar-refractivity contribution < 1.29 is 9.53 Å². The van der Waals surface area contributed by atoms with Crippen LogP contribution in [0.2, 0.25) is 0 Å². The van der Waals surface area contributed by atoms with Gasteiger partial charge < -0.3 is 10.1 Å². The van der Waals surface area contributed by atoms with E-state index in [1.807, 2.05) is 66.7 Å². The summed E-state index contributed by atoms with van der Waals surface area (Å²) in [6, 6.07) is 26.0. The van der Waals surface area contributed by atoms with Crippen LogP contribution in [0.25, 0.3) is 0 Å². The predicted molar refractivity (Wildman–Crippen MR) is 116 cm³/mol. The van der Waals surface area contributed by atoms with Crippen LogP contribution < -0.4 is 10.1 Å². The molecule has 0 radical (unpaired) electrons. The SMILES string of the molecule is CCC(NC(=O)c1ccc(CSc2ccccc2)cc1)c1ccc(OC)cc1. The molecule has 0 aliphatic rings. The Morgan fingerprint density at radius 2 is 1.64 bits per heavy atom. The largest absolute Gasteiger partial charge is 0.497 e. The summed E-state index contributed by atoms with van der Waals surface area (Å²) >= 11 is 1.79. The molecule has 144 valence electrons. The normalized spacial score (nSPS) is 11.6. The molecule has 1 atom stereocenters. The van der Waals surface area contributed by atoms with Crippen molar-refractivity contribution in [1.29, 1.82) is 0 Å². The second kappa shape index (κ2) is 10.00. The molecule has 0 aliphatic carbocycles. The third-order valence-corrected chi connectivity index (χ3v) is 5.68. The van der Waals surface area contributed by atoms with Crippen LogP contribution in [0.5, 0.6) is 5.75 Å². The van der Waals surface area contributed by atoms with Crippen LogP contribution in [-0.4, -0.2) is 13.0 Å². The van der Waals surface area contributed by atoms with Gasteiger partial charge in [-0.25, -0.2) is 0 Å². The number of carbonyl (C=O) groups excluding carboxylic acids is 1. The monoisotopic (exact) mass is 391 g/mol. The Kier molecular flexibility index (Phi) is 7.15. The number of hydrogen-bond acceptors (Lipinski definition) is 3. The van der Waals surface area contributed by atoms with Crippen LogP contribution >= 0.6 is 11.8 Å². The topological polar surface area (TPSA) is 38.3 Å². The Morgan fingerprint density at radius 1 is 0.964 bits per heavy atom. The van der Waals surface area contributed by atoms with Gasteiger partial charge in [0, 0.05) is 16.2 Å². The zero-order chi connectivity index (χ0) is 19.8. The number of thioether (sulfide) groups is 1. The van der Waals surface area contributed by atoms with E-state index in [0.717, 1.165) is 23.5 Å². The van der Waals surface area contributed by atoms with Crippen LogP contribution in [0.4, 0.5) is 0 Å². The van der Waals surface area contributed by atoms with E-state index in [9.17, 15) is 4.79 Å². The highest BCUT2D eigenvalue weighted by Crippen LogP contribution is 2.23. The molecule has 0 bridgehead atoms. The Hall–Kier alpha value is -2.72. The molecular weight excluding hydrogens is 366 g/mol. The van der Waals surface area contributed by atoms with Crippen molar-refractivity contribution in [2.75, 3.05) is 7.11 Å². The first kappa shape index (κ1) is 20.0. The molecule has 3 rings (SSSR count). The van der Waals surface area contributed by atoms with Gasteiger partial charge in [0.25, 0.3) is 5.91 Å². The van der Waals surface area contributed by atoms with E-state index in [1.165, 1.54) is 10.5 Å². The van der Waals surface area contributed by atoms with Crippen LogP contribution in [0.1, 0.15) is 40.9 Å².